The highest BCUT2D eigenvalue weighted by Crippen LogP contribution is 2.26. The normalized spacial score (nSPS) is 27.9. The van der Waals surface area contributed by atoms with Gasteiger partial charge in [0.2, 0.25) is 5.91 Å². The van der Waals surface area contributed by atoms with E-state index in [1.54, 1.807) is 0 Å². The van der Waals surface area contributed by atoms with Crippen LogP contribution in [0.15, 0.2) is 0 Å². The molecule has 1 atom stereocenters. The van der Waals surface area contributed by atoms with Crippen molar-refractivity contribution in [2.75, 3.05) is 13.1 Å². The van der Waals surface area contributed by atoms with E-state index in [1.807, 2.05) is 0 Å². The molecule has 1 aliphatic carbocycles. The van der Waals surface area contributed by atoms with Gasteiger partial charge in [0.15, 0.2) is 0 Å². The summed E-state index contributed by atoms with van der Waals surface area (Å²) in [7, 11) is 0. The van der Waals surface area contributed by atoms with Crippen molar-refractivity contribution in [3.8, 4) is 0 Å². The lowest BCUT2D eigenvalue weighted by Gasteiger charge is -2.21. The number of hydrogen-bond acceptors (Lipinski definition) is 2. The Morgan fingerprint density at radius 1 is 1.20 bits per heavy atom. The molecule has 2 aliphatic rings. The van der Waals surface area contributed by atoms with Gasteiger partial charge in [-0.1, -0.05) is 19.3 Å². The quantitative estimate of drug-likeness (QED) is 0.740. The first-order chi connectivity index (χ1) is 7.34. The average molecular weight is 210 g/mol. The Bertz CT molecular complexity index is 206. The Balaban J connectivity index is 1.66. The lowest BCUT2D eigenvalue weighted by molar-refractivity contribution is -0.122. The van der Waals surface area contributed by atoms with Crippen LogP contribution in [0.3, 0.4) is 0 Å². The van der Waals surface area contributed by atoms with Gasteiger partial charge in [0.1, 0.15) is 0 Å². The molecule has 0 radical (unpaired) electrons. The molecule has 3 heteroatoms. The van der Waals surface area contributed by atoms with E-state index < -0.39 is 0 Å². The highest BCUT2D eigenvalue weighted by Gasteiger charge is 2.20. The standard InChI is InChI=1S/C12H22N2O/c15-12(14-11-6-7-13-9-11)8-10-4-2-1-3-5-10/h10-11,13H,1-9H2,(H,14,15)/t11-/m1/s1. The number of hydrogen-bond donors (Lipinski definition) is 2. The maximum atomic E-state index is 11.7. The van der Waals surface area contributed by atoms with Crippen LogP contribution in [0.4, 0.5) is 0 Å². The topological polar surface area (TPSA) is 41.1 Å². The molecule has 1 saturated heterocycles. The Labute approximate surface area is 92.0 Å². The van der Waals surface area contributed by atoms with Gasteiger partial charge in [-0.05, 0) is 31.7 Å². The summed E-state index contributed by atoms with van der Waals surface area (Å²) < 4.78 is 0. The number of carbonyl (C=O) groups is 1. The van der Waals surface area contributed by atoms with Crippen LogP contribution in [0, 0.1) is 5.92 Å². The molecule has 0 aromatic rings. The van der Waals surface area contributed by atoms with E-state index in [2.05, 4.69) is 10.6 Å². The van der Waals surface area contributed by atoms with E-state index in [0.717, 1.165) is 25.9 Å². The molecule has 15 heavy (non-hydrogen) atoms. The zero-order valence-electron chi connectivity index (χ0n) is 9.43. The summed E-state index contributed by atoms with van der Waals surface area (Å²) in [5.74, 6) is 0.934. The van der Waals surface area contributed by atoms with Crippen molar-refractivity contribution in [3.63, 3.8) is 0 Å². The average Bonchev–Trinajstić information content (AvgIpc) is 2.71. The van der Waals surface area contributed by atoms with Gasteiger partial charge in [0.05, 0.1) is 0 Å². The molecule has 1 aliphatic heterocycles. The van der Waals surface area contributed by atoms with Gasteiger partial charge in [-0.25, -0.2) is 0 Å². The second-order valence-electron chi connectivity index (χ2n) is 4.97. The minimum atomic E-state index is 0.274. The predicted molar refractivity (Wildman–Crippen MR) is 60.6 cm³/mol. The van der Waals surface area contributed by atoms with Gasteiger partial charge < -0.3 is 10.6 Å². The maximum absolute atomic E-state index is 11.7. The fourth-order valence-corrected chi connectivity index (χ4v) is 2.72. The Hall–Kier alpha value is -0.570. The second-order valence-corrected chi connectivity index (χ2v) is 4.97. The third-order valence-corrected chi connectivity index (χ3v) is 3.62. The molecule has 86 valence electrons. The van der Waals surface area contributed by atoms with Gasteiger partial charge >= 0.3 is 0 Å². The third kappa shape index (κ3) is 3.49. The van der Waals surface area contributed by atoms with E-state index in [9.17, 15) is 4.79 Å². The van der Waals surface area contributed by atoms with Crippen LogP contribution in [-0.4, -0.2) is 25.0 Å². The first kappa shape index (κ1) is 10.9. The number of nitrogens with one attached hydrogen (secondary N) is 2. The zero-order valence-corrected chi connectivity index (χ0v) is 9.43. The number of carbonyl (C=O) groups excluding carboxylic acids is 1. The fourth-order valence-electron chi connectivity index (χ4n) is 2.72. The van der Waals surface area contributed by atoms with Crippen molar-refractivity contribution >= 4 is 5.91 Å². The highest BCUT2D eigenvalue weighted by molar-refractivity contribution is 5.76. The summed E-state index contributed by atoms with van der Waals surface area (Å²) in [6.45, 7) is 2.00. The molecule has 2 fully saturated rings. The van der Waals surface area contributed by atoms with Crippen LogP contribution in [0.25, 0.3) is 0 Å². The molecule has 0 aromatic carbocycles. The van der Waals surface area contributed by atoms with Crippen LogP contribution in [-0.2, 0) is 4.79 Å². The Kier molecular flexibility index (Phi) is 4.01. The summed E-state index contributed by atoms with van der Waals surface area (Å²) in [6, 6.07) is 0.390. The SMILES string of the molecule is O=C(CC1CCCCC1)N[C@@H]1CCNC1. The van der Waals surface area contributed by atoms with Gasteiger partial charge in [0.25, 0.3) is 0 Å². The summed E-state index contributed by atoms with van der Waals surface area (Å²) in [4.78, 5) is 11.7. The van der Waals surface area contributed by atoms with Gasteiger partial charge in [0, 0.05) is 19.0 Å². The van der Waals surface area contributed by atoms with E-state index in [4.69, 9.17) is 0 Å². The van der Waals surface area contributed by atoms with Crippen LogP contribution in [0.1, 0.15) is 44.9 Å². The summed E-state index contributed by atoms with van der Waals surface area (Å²) >= 11 is 0. The molecule has 1 amide bonds. The van der Waals surface area contributed by atoms with Crippen molar-refractivity contribution in [1.29, 1.82) is 0 Å². The van der Waals surface area contributed by atoms with Gasteiger partial charge in [-0.2, -0.15) is 0 Å². The van der Waals surface area contributed by atoms with Crippen LogP contribution < -0.4 is 10.6 Å². The monoisotopic (exact) mass is 210 g/mol. The van der Waals surface area contributed by atoms with Crippen molar-refractivity contribution in [2.45, 2.75) is 51.0 Å². The molecule has 0 bridgehead atoms. The molecule has 1 heterocycles. The van der Waals surface area contributed by atoms with Crippen molar-refractivity contribution in [3.05, 3.63) is 0 Å². The Morgan fingerprint density at radius 2 is 2.00 bits per heavy atom. The van der Waals surface area contributed by atoms with Gasteiger partial charge in [-0.3, -0.25) is 4.79 Å². The largest absolute Gasteiger partial charge is 0.352 e. The van der Waals surface area contributed by atoms with E-state index in [0.29, 0.717) is 12.0 Å². The molecule has 2 N–H and O–H groups in total. The summed E-state index contributed by atoms with van der Waals surface area (Å²) in [6.07, 6.45) is 8.39. The molecule has 0 unspecified atom stereocenters. The molecule has 0 aromatic heterocycles. The lowest BCUT2D eigenvalue weighted by atomic mass is 9.87. The smallest absolute Gasteiger partial charge is 0.220 e. The minimum Gasteiger partial charge on any atom is -0.352 e. The van der Waals surface area contributed by atoms with Crippen LogP contribution in [0.5, 0.6) is 0 Å². The van der Waals surface area contributed by atoms with Crippen molar-refractivity contribution < 1.29 is 4.79 Å². The minimum absolute atomic E-state index is 0.274. The summed E-state index contributed by atoms with van der Waals surface area (Å²) in [5.41, 5.74) is 0. The summed E-state index contributed by atoms with van der Waals surface area (Å²) in [5, 5.41) is 6.39. The highest BCUT2D eigenvalue weighted by atomic mass is 16.1. The first-order valence-corrected chi connectivity index (χ1v) is 6.34. The van der Waals surface area contributed by atoms with Gasteiger partial charge in [-0.15, -0.1) is 0 Å². The molecule has 1 saturated carbocycles. The molecular formula is C12H22N2O. The number of rotatable bonds is 3. The molecule has 0 spiro atoms. The van der Waals surface area contributed by atoms with Crippen molar-refractivity contribution in [1.82, 2.24) is 10.6 Å². The van der Waals surface area contributed by atoms with Crippen LogP contribution in [0.2, 0.25) is 0 Å². The third-order valence-electron chi connectivity index (χ3n) is 3.62. The predicted octanol–water partition coefficient (Wildman–Crippen LogP) is 1.43. The molecule has 2 rings (SSSR count). The Morgan fingerprint density at radius 3 is 2.67 bits per heavy atom. The van der Waals surface area contributed by atoms with Crippen LogP contribution >= 0.6 is 0 Å². The second kappa shape index (κ2) is 5.50. The first-order valence-electron chi connectivity index (χ1n) is 6.34. The van der Waals surface area contributed by atoms with E-state index in [-0.39, 0.29) is 5.91 Å². The molecule has 3 nitrogen and oxygen atoms in total. The fraction of sp³-hybridized carbons (Fsp3) is 0.917. The lowest BCUT2D eigenvalue weighted by Crippen LogP contribution is -2.37. The maximum Gasteiger partial charge on any atom is 0.220 e. The number of amides is 1. The van der Waals surface area contributed by atoms with E-state index in [1.165, 1.54) is 32.1 Å². The van der Waals surface area contributed by atoms with E-state index >= 15 is 0 Å². The zero-order chi connectivity index (χ0) is 10.5. The van der Waals surface area contributed by atoms with Crippen molar-refractivity contribution in [2.24, 2.45) is 5.92 Å². The molecular weight excluding hydrogens is 188 g/mol.